The highest BCUT2D eigenvalue weighted by molar-refractivity contribution is 6.01. The summed E-state index contributed by atoms with van der Waals surface area (Å²) in [6, 6.07) is 9.55. The summed E-state index contributed by atoms with van der Waals surface area (Å²) in [5.74, 6) is 0.192. The predicted molar refractivity (Wildman–Crippen MR) is 124 cm³/mol. The smallest absolute Gasteiger partial charge is 0.227 e. The highest BCUT2D eigenvalue weighted by Gasteiger charge is 2.36. The van der Waals surface area contributed by atoms with Crippen molar-refractivity contribution in [3.05, 3.63) is 54.0 Å². The topological polar surface area (TPSA) is 121 Å². The van der Waals surface area contributed by atoms with Crippen LogP contribution in [0.25, 0.3) is 11.3 Å². The zero-order valence-electron chi connectivity index (χ0n) is 18.5. The molecule has 2 unspecified atom stereocenters. The van der Waals surface area contributed by atoms with E-state index in [2.05, 4.69) is 32.1 Å². The predicted octanol–water partition coefficient (Wildman–Crippen LogP) is 2.61. The zero-order chi connectivity index (χ0) is 22.8. The Kier molecular flexibility index (Phi) is 5.86. The van der Waals surface area contributed by atoms with E-state index in [-0.39, 0.29) is 11.7 Å². The molecule has 2 aliphatic rings. The summed E-state index contributed by atoms with van der Waals surface area (Å²) in [5, 5.41) is 23.3. The Morgan fingerprint density at radius 3 is 2.70 bits per heavy atom. The van der Waals surface area contributed by atoms with Crippen LogP contribution in [0.3, 0.4) is 0 Å². The minimum absolute atomic E-state index is 0.0492. The van der Waals surface area contributed by atoms with Gasteiger partial charge in [-0.15, -0.1) is 0 Å². The van der Waals surface area contributed by atoms with Crippen LogP contribution >= 0.6 is 0 Å². The van der Waals surface area contributed by atoms with Gasteiger partial charge in [-0.1, -0.05) is 24.3 Å². The molecular formula is C24H26N8O. The number of anilines is 2. The Balaban J connectivity index is 1.31. The molecule has 2 fully saturated rings. The normalized spacial score (nSPS) is 20.6. The molecule has 0 saturated carbocycles. The molecule has 5 rings (SSSR count). The first-order chi connectivity index (χ1) is 16.1. The van der Waals surface area contributed by atoms with Crippen molar-refractivity contribution in [3.8, 4) is 17.3 Å². The number of rotatable bonds is 6. The van der Waals surface area contributed by atoms with Gasteiger partial charge in [-0.2, -0.15) is 10.4 Å². The third-order valence-corrected chi connectivity index (χ3v) is 6.36. The van der Waals surface area contributed by atoms with Gasteiger partial charge in [0.05, 0.1) is 41.6 Å². The van der Waals surface area contributed by atoms with Gasteiger partial charge in [-0.25, -0.2) is 9.97 Å². The van der Waals surface area contributed by atoms with Gasteiger partial charge in [0.2, 0.25) is 5.95 Å². The second-order valence-electron chi connectivity index (χ2n) is 8.60. The molecule has 2 aromatic heterocycles. The van der Waals surface area contributed by atoms with E-state index in [4.69, 9.17) is 10.2 Å². The minimum Gasteiger partial charge on any atom is -0.321 e. The Labute approximate surface area is 192 Å². The van der Waals surface area contributed by atoms with Crippen LogP contribution in [0.1, 0.15) is 34.8 Å². The van der Waals surface area contributed by atoms with Crippen LogP contribution in [0.2, 0.25) is 0 Å². The summed E-state index contributed by atoms with van der Waals surface area (Å²) in [4.78, 5) is 21.8. The van der Waals surface area contributed by atoms with Crippen LogP contribution in [0, 0.1) is 24.2 Å². The molecule has 3 aromatic rings. The molecule has 0 spiro atoms. The second kappa shape index (κ2) is 9.10. The van der Waals surface area contributed by atoms with Crippen molar-refractivity contribution in [2.24, 2.45) is 5.92 Å². The molecule has 1 aromatic carbocycles. The van der Waals surface area contributed by atoms with E-state index in [1.54, 1.807) is 24.5 Å². The summed E-state index contributed by atoms with van der Waals surface area (Å²) in [6.45, 7) is 4.55. The van der Waals surface area contributed by atoms with Gasteiger partial charge in [-0.05, 0) is 38.4 Å². The van der Waals surface area contributed by atoms with Gasteiger partial charge in [0, 0.05) is 30.1 Å². The van der Waals surface area contributed by atoms with Crippen molar-refractivity contribution in [2.45, 2.75) is 31.8 Å². The molecule has 0 aliphatic carbocycles. The van der Waals surface area contributed by atoms with E-state index in [1.807, 2.05) is 29.9 Å². The summed E-state index contributed by atoms with van der Waals surface area (Å²) in [6.07, 6.45) is 7.73. The fourth-order valence-corrected chi connectivity index (χ4v) is 4.32. The number of nitrogens with zero attached hydrogens (tertiary/aromatic N) is 5. The van der Waals surface area contributed by atoms with Crippen molar-refractivity contribution >= 4 is 17.4 Å². The average Bonchev–Trinajstić information content (AvgIpc) is 3.29. The van der Waals surface area contributed by atoms with Gasteiger partial charge in [0.1, 0.15) is 0 Å². The van der Waals surface area contributed by atoms with Gasteiger partial charge < -0.3 is 16.0 Å². The highest BCUT2D eigenvalue weighted by Crippen LogP contribution is 2.26. The monoisotopic (exact) mass is 442 g/mol. The maximum atomic E-state index is 12.6. The molecular weight excluding hydrogens is 416 g/mol. The van der Waals surface area contributed by atoms with Crippen LogP contribution in [-0.4, -0.2) is 51.2 Å². The van der Waals surface area contributed by atoms with E-state index in [0.717, 1.165) is 48.4 Å². The van der Waals surface area contributed by atoms with E-state index < -0.39 is 6.04 Å². The first-order valence-electron chi connectivity index (χ1n) is 11.3. The van der Waals surface area contributed by atoms with Gasteiger partial charge in [0.15, 0.2) is 5.78 Å². The van der Waals surface area contributed by atoms with Gasteiger partial charge in [-0.3, -0.25) is 9.48 Å². The first-order valence-corrected chi connectivity index (χ1v) is 11.3. The number of ketones is 1. The summed E-state index contributed by atoms with van der Waals surface area (Å²) in [5.41, 5.74) is 4.08. The molecule has 4 heterocycles. The fraction of sp³-hybridized carbons (Fsp3) is 0.375. The number of aromatic nitrogens is 4. The Morgan fingerprint density at radius 1 is 1.21 bits per heavy atom. The number of hydrogen-bond acceptors (Lipinski definition) is 8. The summed E-state index contributed by atoms with van der Waals surface area (Å²) >= 11 is 0. The zero-order valence-corrected chi connectivity index (χ0v) is 18.5. The van der Waals surface area contributed by atoms with Crippen LogP contribution in [0.15, 0.2) is 42.9 Å². The first kappa shape index (κ1) is 21.2. The van der Waals surface area contributed by atoms with E-state index in [1.165, 1.54) is 0 Å². The molecule has 9 heteroatoms. The number of nitriles is 1. The third kappa shape index (κ3) is 4.35. The number of nitrogens with one attached hydrogen (secondary N) is 3. The number of Topliss-reactive ketones (excluding diaryl/α,β-unsaturated/α-hetero) is 1. The summed E-state index contributed by atoms with van der Waals surface area (Å²) in [7, 11) is 0. The lowest BCUT2D eigenvalue weighted by Gasteiger charge is -2.31. The molecule has 33 heavy (non-hydrogen) atoms. The highest BCUT2D eigenvalue weighted by atomic mass is 16.1. The molecule has 0 amide bonds. The summed E-state index contributed by atoms with van der Waals surface area (Å²) < 4.78 is 2.02. The molecule has 168 valence electrons. The van der Waals surface area contributed by atoms with Crippen molar-refractivity contribution < 1.29 is 4.79 Å². The maximum Gasteiger partial charge on any atom is 0.227 e. The molecule has 0 radical (unpaired) electrons. The Morgan fingerprint density at radius 2 is 2.00 bits per heavy atom. The van der Waals surface area contributed by atoms with Crippen LogP contribution < -0.4 is 16.0 Å². The maximum absolute atomic E-state index is 12.6. The second-order valence-corrected chi connectivity index (χ2v) is 8.60. The molecule has 2 aliphatic heterocycles. The van der Waals surface area contributed by atoms with E-state index in [0.29, 0.717) is 24.1 Å². The van der Waals surface area contributed by atoms with E-state index in [9.17, 15) is 4.79 Å². The standard InChI is InChI=1S/C24H26N8O/c1-15-11-28-24(30-19-13-29-32(14-19)20-6-8-26-9-7-20)31-21(15)16-2-4-17(5-3-16)23(33)22-18(10-25)12-27-22/h2-5,11,13-14,18,20,22,26-27H,6-9,12H2,1H3,(H,28,30,31). The molecule has 2 atom stereocenters. The lowest BCUT2D eigenvalue weighted by molar-refractivity contribution is 0.0868. The van der Waals surface area contributed by atoms with Gasteiger partial charge >= 0.3 is 0 Å². The Bertz CT molecular complexity index is 1190. The largest absolute Gasteiger partial charge is 0.321 e. The third-order valence-electron chi connectivity index (χ3n) is 6.36. The quantitative estimate of drug-likeness (QED) is 0.498. The lowest BCUT2D eigenvalue weighted by Crippen LogP contribution is -2.56. The fourth-order valence-electron chi connectivity index (χ4n) is 4.32. The van der Waals surface area contributed by atoms with Crippen LogP contribution in [-0.2, 0) is 0 Å². The van der Waals surface area contributed by atoms with Crippen molar-refractivity contribution in [1.29, 1.82) is 5.26 Å². The number of hydrogen-bond donors (Lipinski definition) is 3. The molecule has 2 saturated heterocycles. The minimum atomic E-state index is -0.414. The van der Waals surface area contributed by atoms with Crippen LogP contribution in [0.4, 0.5) is 11.6 Å². The number of carbonyl (C=O) groups is 1. The van der Waals surface area contributed by atoms with Gasteiger partial charge in [0.25, 0.3) is 0 Å². The number of aryl methyl sites for hydroxylation is 1. The lowest BCUT2D eigenvalue weighted by atomic mass is 9.86. The number of benzene rings is 1. The SMILES string of the molecule is Cc1cnc(Nc2cnn(C3CCNCC3)c2)nc1-c1ccc(C(=O)C2NCC2C#N)cc1. The number of carbonyl (C=O) groups excluding carboxylic acids is 1. The van der Waals surface area contributed by atoms with E-state index >= 15 is 0 Å². The van der Waals surface area contributed by atoms with Crippen molar-refractivity contribution in [2.75, 3.05) is 25.0 Å². The molecule has 9 nitrogen and oxygen atoms in total. The van der Waals surface area contributed by atoms with Crippen molar-refractivity contribution in [3.63, 3.8) is 0 Å². The van der Waals surface area contributed by atoms with Crippen molar-refractivity contribution in [1.82, 2.24) is 30.4 Å². The average molecular weight is 443 g/mol. The Hall–Kier alpha value is -3.61. The van der Waals surface area contributed by atoms with Crippen LogP contribution in [0.5, 0.6) is 0 Å². The molecule has 0 bridgehead atoms. The number of piperidine rings is 1. The molecule has 3 N–H and O–H groups in total.